The molecule has 134 valence electrons. The lowest BCUT2D eigenvalue weighted by Crippen LogP contribution is -2.44. The molecule has 0 fully saturated rings. The van der Waals surface area contributed by atoms with Crippen LogP contribution in [0.5, 0.6) is 11.5 Å². The lowest BCUT2D eigenvalue weighted by molar-refractivity contribution is -0.119. The SMILES string of the molecule is COc1cc2c(cc1OC)C1CC(=O)N=C(c3ccc(Br)cc3)N1CC2. The van der Waals surface area contributed by atoms with E-state index in [0.717, 1.165) is 40.2 Å². The van der Waals surface area contributed by atoms with Gasteiger partial charge in [-0.05, 0) is 41.8 Å². The Hall–Kier alpha value is -2.34. The topological polar surface area (TPSA) is 51.1 Å². The van der Waals surface area contributed by atoms with Gasteiger partial charge in [-0.15, -0.1) is 0 Å². The number of amidine groups is 1. The van der Waals surface area contributed by atoms with Crippen molar-refractivity contribution < 1.29 is 14.3 Å². The monoisotopic (exact) mass is 414 g/mol. The van der Waals surface area contributed by atoms with Gasteiger partial charge in [0, 0.05) is 16.6 Å². The van der Waals surface area contributed by atoms with E-state index in [9.17, 15) is 4.79 Å². The van der Waals surface area contributed by atoms with Gasteiger partial charge in [-0.3, -0.25) is 4.79 Å². The van der Waals surface area contributed by atoms with E-state index in [0.29, 0.717) is 12.2 Å². The lowest BCUT2D eigenvalue weighted by Gasteiger charge is -2.41. The Kier molecular flexibility index (Phi) is 4.44. The maximum atomic E-state index is 12.4. The first kappa shape index (κ1) is 17.1. The molecule has 26 heavy (non-hydrogen) atoms. The predicted octanol–water partition coefficient (Wildman–Crippen LogP) is 3.74. The summed E-state index contributed by atoms with van der Waals surface area (Å²) in [5, 5.41) is 0. The molecule has 2 aliphatic heterocycles. The summed E-state index contributed by atoms with van der Waals surface area (Å²) >= 11 is 3.45. The lowest BCUT2D eigenvalue weighted by atomic mass is 9.88. The normalized spacial score (nSPS) is 18.7. The molecule has 5 nitrogen and oxygen atoms in total. The standard InChI is InChI=1S/C20H19BrN2O3/c1-25-17-9-13-7-8-23-16(15(13)10-18(17)26-2)11-19(24)22-20(23)12-3-5-14(21)6-4-12/h3-6,9-10,16H,7-8,11H2,1-2H3. The minimum absolute atomic E-state index is 0.0257. The van der Waals surface area contributed by atoms with Gasteiger partial charge < -0.3 is 14.4 Å². The number of hydrogen-bond acceptors (Lipinski definition) is 4. The number of fused-ring (bicyclic) bond motifs is 3. The molecule has 0 saturated heterocycles. The van der Waals surface area contributed by atoms with Crippen molar-refractivity contribution in [1.82, 2.24) is 4.90 Å². The van der Waals surface area contributed by atoms with Crippen molar-refractivity contribution in [1.29, 1.82) is 0 Å². The Bertz CT molecular complexity index is 893. The summed E-state index contributed by atoms with van der Waals surface area (Å²) in [6.45, 7) is 0.815. The van der Waals surface area contributed by atoms with E-state index < -0.39 is 0 Å². The summed E-state index contributed by atoms with van der Waals surface area (Å²) in [7, 11) is 3.27. The second kappa shape index (κ2) is 6.76. The highest BCUT2D eigenvalue weighted by molar-refractivity contribution is 9.10. The van der Waals surface area contributed by atoms with E-state index in [2.05, 4.69) is 25.8 Å². The summed E-state index contributed by atoms with van der Waals surface area (Å²) < 4.78 is 11.9. The minimum Gasteiger partial charge on any atom is -0.493 e. The second-order valence-corrected chi connectivity index (χ2v) is 7.32. The molecule has 1 unspecified atom stereocenters. The molecule has 0 spiro atoms. The Morgan fingerprint density at radius 2 is 1.81 bits per heavy atom. The third-order valence-electron chi connectivity index (χ3n) is 4.98. The zero-order valence-corrected chi connectivity index (χ0v) is 16.2. The maximum Gasteiger partial charge on any atom is 0.250 e. The fraction of sp³-hybridized carbons (Fsp3) is 0.300. The van der Waals surface area contributed by atoms with Crippen LogP contribution in [-0.2, 0) is 11.2 Å². The van der Waals surface area contributed by atoms with Gasteiger partial charge in [-0.1, -0.05) is 28.1 Å². The average molecular weight is 415 g/mol. The summed E-state index contributed by atoms with van der Waals surface area (Å²) in [5.74, 6) is 2.07. The van der Waals surface area contributed by atoms with Gasteiger partial charge in [-0.25, -0.2) is 0 Å². The number of ether oxygens (including phenoxy) is 2. The van der Waals surface area contributed by atoms with Gasteiger partial charge in [-0.2, -0.15) is 4.99 Å². The molecule has 0 N–H and O–H groups in total. The molecular formula is C20H19BrN2O3. The van der Waals surface area contributed by atoms with Gasteiger partial charge >= 0.3 is 0 Å². The van der Waals surface area contributed by atoms with Crippen LogP contribution in [-0.4, -0.2) is 37.4 Å². The van der Waals surface area contributed by atoms with Crippen LogP contribution in [0.2, 0.25) is 0 Å². The van der Waals surface area contributed by atoms with E-state index >= 15 is 0 Å². The largest absolute Gasteiger partial charge is 0.493 e. The van der Waals surface area contributed by atoms with Gasteiger partial charge in [0.25, 0.3) is 0 Å². The van der Waals surface area contributed by atoms with Crippen molar-refractivity contribution >= 4 is 27.7 Å². The quantitative estimate of drug-likeness (QED) is 0.767. The second-order valence-electron chi connectivity index (χ2n) is 6.41. The predicted molar refractivity (Wildman–Crippen MR) is 103 cm³/mol. The van der Waals surface area contributed by atoms with Crippen molar-refractivity contribution in [3.63, 3.8) is 0 Å². The van der Waals surface area contributed by atoms with Crippen molar-refractivity contribution in [2.45, 2.75) is 18.9 Å². The van der Waals surface area contributed by atoms with E-state index in [1.54, 1.807) is 14.2 Å². The highest BCUT2D eigenvalue weighted by Crippen LogP contribution is 2.41. The van der Waals surface area contributed by atoms with Crippen LogP contribution in [0.1, 0.15) is 29.2 Å². The molecule has 0 bridgehead atoms. The first-order chi connectivity index (χ1) is 12.6. The summed E-state index contributed by atoms with van der Waals surface area (Å²) in [4.78, 5) is 19.0. The molecule has 0 aliphatic carbocycles. The number of methoxy groups -OCH3 is 2. The van der Waals surface area contributed by atoms with Crippen LogP contribution in [0.25, 0.3) is 0 Å². The third-order valence-corrected chi connectivity index (χ3v) is 5.50. The first-order valence-electron chi connectivity index (χ1n) is 8.49. The van der Waals surface area contributed by atoms with Crippen LogP contribution in [0.4, 0.5) is 0 Å². The Balaban J connectivity index is 1.78. The molecular weight excluding hydrogens is 396 g/mol. The van der Waals surface area contributed by atoms with Gasteiger partial charge in [0.1, 0.15) is 5.84 Å². The van der Waals surface area contributed by atoms with Crippen LogP contribution in [0.15, 0.2) is 45.9 Å². The highest BCUT2D eigenvalue weighted by Gasteiger charge is 2.36. The van der Waals surface area contributed by atoms with Crippen LogP contribution >= 0.6 is 15.9 Å². The Labute approximate surface area is 160 Å². The number of rotatable bonds is 3. The number of benzene rings is 2. The van der Waals surface area contributed by atoms with Crippen LogP contribution < -0.4 is 9.47 Å². The zero-order chi connectivity index (χ0) is 18.3. The van der Waals surface area contributed by atoms with Crippen molar-refractivity contribution in [2.24, 2.45) is 4.99 Å². The maximum absolute atomic E-state index is 12.4. The molecule has 1 atom stereocenters. The van der Waals surface area contributed by atoms with Crippen molar-refractivity contribution in [3.8, 4) is 11.5 Å². The first-order valence-corrected chi connectivity index (χ1v) is 9.29. The average Bonchev–Trinajstić information content (AvgIpc) is 2.66. The smallest absolute Gasteiger partial charge is 0.250 e. The van der Waals surface area contributed by atoms with E-state index in [1.807, 2.05) is 36.4 Å². The summed E-state index contributed by atoms with van der Waals surface area (Å²) in [6, 6.07) is 11.9. The van der Waals surface area contributed by atoms with Gasteiger partial charge in [0.2, 0.25) is 5.91 Å². The Morgan fingerprint density at radius 1 is 1.12 bits per heavy atom. The Morgan fingerprint density at radius 3 is 2.50 bits per heavy atom. The molecule has 2 heterocycles. The van der Waals surface area contributed by atoms with Crippen molar-refractivity contribution in [3.05, 3.63) is 57.6 Å². The van der Waals surface area contributed by atoms with E-state index in [-0.39, 0.29) is 11.9 Å². The van der Waals surface area contributed by atoms with Crippen LogP contribution in [0.3, 0.4) is 0 Å². The number of nitrogens with zero attached hydrogens (tertiary/aromatic N) is 2. The fourth-order valence-corrected chi connectivity index (χ4v) is 3.99. The number of carbonyl (C=O) groups excluding carboxylic acids is 1. The van der Waals surface area contributed by atoms with Crippen LogP contribution in [0, 0.1) is 0 Å². The number of amides is 1. The molecule has 2 aliphatic rings. The molecule has 0 aromatic heterocycles. The third kappa shape index (κ3) is 2.88. The molecule has 2 aromatic carbocycles. The molecule has 4 rings (SSSR count). The molecule has 0 radical (unpaired) electrons. The molecule has 1 amide bonds. The molecule has 6 heteroatoms. The summed E-state index contributed by atoms with van der Waals surface area (Å²) in [5.41, 5.74) is 3.27. The van der Waals surface area contributed by atoms with Crippen molar-refractivity contribution in [2.75, 3.05) is 20.8 Å². The number of halogens is 1. The fourth-order valence-electron chi connectivity index (χ4n) is 3.72. The summed E-state index contributed by atoms with van der Waals surface area (Å²) in [6.07, 6.45) is 1.25. The van der Waals surface area contributed by atoms with Gasteiger partial charge in [0.15, 0.2) is 11.5 Å². The zero-order valence-electron chi connectivity index (χ0n) is 14.7. The van der Waals surface area contributed by atoms with E-state index in [1.165, 1.54) is 5.56 Å². The highest BCUT2D eigenvalue weighted by atomic mass is 79.9. The number of carbonyl (C=O) groups is 1. The molecule has 0 saturated carbocycles. The molecule has 2 aromatic rings. The van der Waals surface area contributed by atoms with Gasteiger partial charge in [0.05, 0.1) is 26.7 Å². The van der Waals surface area contributed by atoms with E-state index in [4.69, 9.17) is 9.47 Å². The number of hydrogen-bond donors (Lipinski definition) is 0. The number of aliphatic imine (C=N–C) groups is 1. The minimum atomic E-state index is -0.0909.